The number of carbonyl (C=O) groups is 1. The molecule has 0 aliphatic carbocycles. The smallest absolute Gasteiger partial charge is 0.321 e. The number of esters is 1. The summed E-state index contributed by atoms with van der Waals surface area (Å²) in [5.74, 6) is -1.05. The van der Waals surface area contributed by atoms with E-state index in [1.54, 1.807) is 6.07 Å². The summed E-state index contributed by atoms with van der Waals surface area (Å²) in [6, 6.07) is 11.1. The zero-order chi connectivity index (χ0) is 19.2. The zero-order valence-corrected chi connectivity index (χ0v) is 14.5. The summed E-state index contributed by atoms with van der Waals surface area (Å²) >= 11 is 0. The Morgan fingerprint density at radius 3 is 2.69 bits per heavy atom. The van der Waals surface area contributed by atoms with Crippen molar-refractivity contribution in [1.29, 1.82) is 5.26 Å². The quantitative estimate of drug-likeness (QED) is 0.736. The number of sulfonamides is 1. The van der Waals surface area contributed by atoms with Crippen LogP contribution in [0.4, 0.5) is 4.39 Å². The summed E-state index contributed by atoms with van der Waals surface area (Å²) in [7, 11) is -2.67. The molecule has 136 valence electrons. The molecule has 26 heavy (non-hydrogen) atoms. The Kier molecular flexibility index (Phi) is 6.27. The highest BCUT2D eigenvalue weighted by Gasteiger charge is 2.19. The van der Waals surface area contributed by atoms with E-state index in [4.69, 9.17) is 14.7 Å². The van der Waals surface area contributed by atoms with Gasteiger partial charge in [-0.2, -0.15) is 9.98 Å². The second-order valence-corrected chi connectivity index (χ2v) is 6.78. The average Bonchev–Trinajstić information content (AvgIpc) is 2.64. The van der Waals surface area contributed by atoms with Crippen LogP contribution in [-0.4, -0.2) is 28.0 Å². The number of carbonyl (C=O) groups excluding carboxylic acids is 1. The monoisotopic (exact) mass is 378 g/mol. The van der Waals surface area contributed by atoms with Crippen LogP contribution < -0.4 is 9.46 Å². The molecule has 0 amide bonds. The van der Waals surface area contributed by atoms with Crippen LogP contribution in [-0.2, 0) is 26.2 Å². The molecule has 1 N–H and O–H groups in total. The van der Waals surface area contributed by atoms with Gasteiger partial charge in [0.1, 0.15) is 30.8 Å². The average molecular weight is 378 g/mol. The number of nitrogens with one attached hydrogen (secondary N) is 1. The third-order valence-electron chi connectivity index (χ3n) is 3.33. The number of benzene rings is 2. The fourth-order valence-corrected chi connectivity index (χ4v) is 3.22. The van der Waals surface area contributed by atoms with E-state index in [1.165, 1.54) is 43.5 Å². The van der Waals surface area contributed by atoms with Gasteiger partial charge in [-0.05, 0) is 30.3 Å². The summed E-state index contributed by atoms with van der Waals surface area (Å²) in [5, 5.41) is 8.96. The van der Waals surface area contributed by atoms with E-state index in [9.17, 15) is 17.6 Å². The lowest BCUT2D eigenvalue weighted by Gasteiger charge is -2.10. The van der Waals surface area contributed by atoms with Crippen molar-refractivity contribution in [3.8, 4) is 11.8 Å². The van der Waals surface area contributed by atoms with Crippen LogP contribution in [0.15, 0.2) is 47.4 Å². The van der Waals surface area contributed by atoms with Crippen molar-refractivity contribution in [2.75, 3.05) is 13.7 Å². The van der Waals surface area contributed by atoms with Crippen molar-refractivity contribution in [1.82, 2.24) is 4.72 Å². The van der Waals surface area contributed by atoms with Gasteiger partial charge in [0.25, 0.3) is 0 Å². The largest absolute Gasteiger partial charge is 0.496 e. The van der Waals surface area contributed by atoms with Crippen LogP contribution in [0.2, 0.25) is 0 Å². The molecule has 0 unspecified atom stereocenters. The molecule has 7 nitrogen and oxygen atoms in total. The van der Waals surface area contributed by atoms with Gasteiger partial charge in [0, 0.05) is 5.56 Å². The minimum absolute atomic E-state index is 0.0436. The Bertz CT molecular complexity index is 954. The molecular formula is C17H15FN2O5S. The fourth-order valence-electron chi connectivity index (χ4n) is 2.09. The first-order valence-corrected chi connectivity index (χ1v) is 8.82. The van der Waals surface area contributed by atoms with Crippen molar-refractivity contribution in [2.45, 2.75) is 11.5 Å². The van der Waals surface area contributed by atoms with E-state index in [2.05, 4.69) is 4.72 Å². The van der Waals surface area contributed by atoms with Crippen LogP contribution in [0.5, 0.6) is 5.75 Å². The summed E-state index contributed by atoms with van der Waals surface area (Å²) in [6.45, 7) is -0.921. The number of halogens is 1. The Hall–Kier alpha value is -2.96. The van der Waals surface area contributed by atoms with Crippen molar-refractivity contribution in [2.24, 2.45) is 0 Å². The fraction of sp³-hybridized carbons (Fsp3) is 0.176. The number of ether oxygens (including phenoxy) is 2. The van der Waals surface area contributed by atoms with Crippen LogP contribution in [0.3, 0.4) is 0 Å². The molecule has 0 aliphatic rings. The van der Waals surface area contributed by atoms with Gasteiger partial charge in [-0.15, -0.1) is 0 Å². The maximum Gasteiger partial charge on any atom is 0.321 e. The highest BCUT2D eigenvalue weighted by Crippen LogP contribution is 2.20. The van der Waals surface area contributed by atoms with Crippen molar-refractivity contribution < 1.29 is 27.1 Å². The highest BCUT2D eigenvalue weighted by atomic mass is 32.2. The maximum absolute atomic E-state index is 13.3. The van der Waals surface area contributed by atoms with Crippen molar-refractivity contribution in [3.63, 3.8) is 0 Å². The number of rotatable bonds is 7. The second kappa shape index (κ2) is 8.42. The van der Waals surface area contributed by atoms with E-state index >= 15 is 0 Å². The van der Waals surface area contributed by atoms with Gasteiger partial charge in [-0.25, -0.2) is 12.8 Å². The number of hydrogen-bond acceptors (Lipinski definition) is 6. The lowest BCUT2D eigenvalue weighted by Crippen LogP contribution is -2.31. The summed E-state index contributed by atoms with van der Waals surface area (Å²) < 4.78 is 49.7. The van der Waals surface area contributed by atoms with Gasteiger partial charge >= 0.3 is 5.97 Å². The molecule has 0 heterocycles. The summed E-state index contributed by atoms with van der Waals surface area (Å²) in [4.78, 5) is 11.6. The molecule has 0 fully saturated rings. The van der Waals surface area contributed by atoms with Crippen molar-refractivity contribution >= 4 is 16.0 Å². The molecule has 2 aromatic rings. The molecule has 0 spiro atoms. The van der Waals surface area contributed by atoms with Gasteiger partial charge in [-0.3, -0.25) is 4.79 Å². The Morgan fingerprint density at radius 1 is 1.27 bits per heavy atom. The van der Waals surface area contributed by atoms with Gasteiger partial charge in [0.05, 0.1) is 17.6 Å². The number of hydrogen-bond donors (Lipinski definition) is 1. The van der Waals surface area contributed by atoms with E-state index in [0.29, 0.717) is 11.3 Å². The highest BCUT2D eigenvalue weighted by molar-refractivity contribution is 7.89. The third kappa shape index (κ3) is 4.78. The Balaban J connectivity index is 1.99. The van der Waals surface area contributed by atoms with Crippen LogP contribution in [0.25, 0.3) is 0 Å². The number of methoxy groups -OCH3 is 1. The molecule has 0 atom stereocenters. The van der Waals surface area contributed by atoms with Crippen LogP contribution >= 0.6 is 0 Å². The van der Waals surface area contributed by atoms with Gasteiger partial charge < -0.3 is 9.47 Å². The molecule has 0 saturated carbocycles. The predicted octanol–water partition coefficient (Wildman–Crippen LogP) is 1.73. The lowest BCUT2D eigenvalue weighted by atomic mass is 10.2. The molecule has 0 aliphatic heterocycles. The maximum atomic E-state index is 13.3. The predicted molar refractivity (Wildman–Crippen MR) is 89.1 cm³/mol. The zero-order valence-electron chi connectivity index (χ0n) is 13.7. The van der Waals surface area contributed by atoms with E-state index in [1.807, 2.05) is 0 Å². The van der Waals surface area contributed by atoms with Gasteiger partial charge in [-0.1, -0.05) is 12.1 Å². The summed E-state index contributed by atoms with van der Waals surface area (Å²) in [6.07, 6.45) is 0. The molecule has 0 saturated heterocycles. The van der Waals surface area contributed by atoms with Crippen LogP contribution in [0.1, 0.15) is 11.1 Å². The molecule has 2 aromatic carbocycles. The topological polar surface area (TPSA) is 105 Å². The molecule has 0 aromatic heterocycles. The standard InChI is InChI=1S/C17H15FN2O5S/c1-24-15-7-6-14(18)8-13(15)11-25-17(21)10-20-26(22,23)16-5-3-2-4-12(16)9-19/h2-8,20H,10-11H2,1H3. The lowest BCUT2D eigenvalue weighted by molar-refractivity contribution is -0.143. The Morgan fingerprint density at radius 2 is 2.00 bits per heavy atom. The Labute approximate surface area is 150 Å². The normalized spacial score (nSPS) is 10.8. The van der Waals surface area contributed by atoms with Crippen molar-refractivity contribution in [3.05, 3.63) is 59.4 Å². The molecular weight excluding hydrogens is 363 g/mol. The second-order valence-electron chi connectivity index (χ2n) is 5.05. The molecule has 0 radical (unpaired) electrons. The van der Waals surface area contributed by atoms with E-state index < -0.39 is 28.4 Å². The molecule has 0 bridgehead atoms. The molecule has 2 rings (SSSR count). The minimum Gasteiger partial charge on any atom is -0.496 e. The van der Waals surface area contributed by atoms with Gasteiger partial charge in [0.15, 0.2) is 0 Å². The summed E-state index contributed by atoms with van der Waals surface area (Å²) in [5.41, 5.74) is 0.261. The first-order valence-electron chi connectivity index (χ1n) is 7.34. The van der Waals surface area contributed by atoms with Crippen LogP contribution in [0, 0.1) is 17.1 Å². The first kappa shape index (κ1) is 19.4. The minimum atomic E-state index is -4.06. The SMILES string of the molecule is COc1ccc(F)cc1COC(=O)CNS(=O)(=O)c1ccccc1C#N. The molecule has 9 heteroatoms. The van der Waals surface area contributed by atoms with E-state index in [0.717, 1.165) is 6.07 Å². The van der Waals surface area contributed by atoms with Gasteiger partial charge in [0.2, 0.25) is 10.0 Å². The third-order valence-corrected chi connectivity index (χ3v) is 4.79. The number of nitriles is 1. The first-order chi connectivity index (χ1) is 12.4. The number of nitrogens with zero attached hydrogens (tertiary/aromatic N) is 1. The van der Waals surface area contributed by atoms with E-state index in [-0.39, 0.29) is 17.1 Å².